The second kappa shape index (κ2) is 6.77. The Morgan fingerprint density at radius 1 is 1.04 bits per heavy atom. The molecule has 4 aromatic rings. The molecule has 0 saturated heterocycles. The molecule has 0 radical (unpaired) electrons. The van der Waals surface area contributed by atoms with Crippen molar-refractivity contribution in [2.24, 2.45) is 0 Å². The third-order valence-electron chi connectivity index (χ3n) is 4.25. The Labute approximate surface area is 159 Å². The summed E-state index contributed by atoms with van der Waals surface area (Å²) in [6, 6.07) is 16.9. The molecule has 2 heterocycles. The Bertz CT molecular complexity index is 1160. The normalized spacial score (nSPS) is 10.9. The third-order valence-corrected chi connectivity index (χ3v) is 5.33. The van der Waals surface area contributed by atoms with Crippen LogP contribution in [0.3, 0.4) is 0 Å². The van der Waals surface area contributed by atoms with Gasteiger partial charge in [0.15, 0.2) is 0 Å². The van der Waals surface area contributed by atoms with Gasteiger partial charge in [0.1, 0.15) is 16.5 Å². The number of nitrogens with one attached hydrogen (secondary N) is 1. The molecule has 2 aromatic heterocycles. The van der Waals surface area contributed by atoms with E-state index in [0.29, 0.717) is 17.3 Å². The molecular formula is C20H16N4O2S. The van der Waals surface area contributed by atoms with Crippen LogP contribution >= 0.6 is 11.3 Å². The maximum atomic E-state index is 11.1. The van der Waals surface area contributed by atoms with E-state index >= 15 is 0 Å². The Morgan fingerprint density at radius 2 is 1.81 bits per heavy atom. The molecule has 6 nitrogen and oxygen atoms in total. The molecule has 27 heavy (non-hydrogen) atoms. The second-order valence-corrected chi connectivity index (χ2v) is 7.23. The van der Waals surface area contributed by atoms with Crippen LogP contribution in [-0.2, 0) is 0 Å². The van der Waals surface area contributed by atoms with Crippen molar-refractivity contribution < 1.29 is 4.92 Å². The van der Waals surface area contributed by atoms with Gasteiger partial charge in [-0.2, -0.15) is 0 Å². The molecule has 0 saturated carbocycles. The lowest BCUT2D eigenvalue weighted by atomic mass is 10.1. The quantitative estimate of drug-likeness (QED) is 0.369. The first-order valence-electron chi connectivity index (χ1n) is 8.37. The van der Waals surface area contributed by atoms with E-state index in [0.717, 1.165) is 26.2 Å². The monoisotopic (exact) mass is 376 g/mol. The Morgan fingerprint density at radius 3 is 2.56 bits per heavy atom. The molecule has 0 bridgehead atoms. The minimum Gasteiger partial charge on any atom is -0.339 e. The van der Waals surface area contributed by atoms with Crippen LogP contribution in [0.2, 0.25) is 0 Å². The van der Waals surface area contributed by atoms with Gasteiger partial charge in [-0.15, -0.1) is 11.3 Å². The summed E-state index contributed by atoms with van der Waals surface area (Å²) in [5.41, 5.74) is 2.73. The van der Waals surface area contributed by atoms with Crippen molar-refractivity contribution in [3.63, 3.8) is 0 Å². The van der Waals surface area contributed by atoms with Gasteiger partial charge in [0.2, 0.25) is 0 Å². The molecule has 0 spiro atoms. The average molecular weight is 376 g/mol. The van der Waals surface area contributed by atoms with Crippen LogP contribution in [-0.4, -0.2) is 14.9 Å². The topological polar surface area (TPSA) is 81.0 Å². The molecule has 0 fully saturated rings. The lowest BCUT2D eigenvalue weighted by Crippen LogP contribution is -2.00. The van der Waals surface area contributed by atoms with Crippen LogP contribution in [0.15, 0.2) is 54.6 Å². The molecule has 0 unspecified atom stereocenters. The van der Waals surface area contributed by atoms with Crippen molar-refractivity contribution in [3.8, 4) is 10.4 Å². The van der Waals surface area contributed by atoms with Crippen LogP contribution < -0.4 is 5.32 Å². The number of non-ortho nitro benzene ring substituents is 1. The molecule has 0 atom stereocenters. The SMILES string of the molecule is Cc1nc(Nc2cc([N+](=O)[O-])ccc2C)c2cc(-c3ccccc3)sc2n1. The smallest absolute Gasteiger partial charge is 0.271 e. The van der Waals surface area contributed by atoms with E-state index in [-0.39, 0.29) is 5.69 Å². The molecule has 0 aliphatic heterocycles. The molecule has 4 rings (SSSR count). The summed E-state index contributed by atoms with van der Waals surface area (Å²) >= 11 is 1.60. The van der Waals surface area contributed by atoms with Crippen molar-refractivity contribution in [2.75, 3.05) is 5.32 Å². The van der Waals surface area contributed by atoms with E-state index in [1.807, 2.05) is 32.0 Å². The zero-order valence-corrected chi connectivity index (χ0v) is 15.6. The molecule has 134 valence electrons. The molecule has 0 aliphatic carbocycles. The number of hydrogen-bond donors (Lipinski definition) is 1. The number of nitro groups is 1. The van der Waals surface area contributed by atoms with E-state index in [1.54, 1.807) is 17.4 Å². The van der Waals surface area contributed by atoms with Gasteiger partial charge in [-0.3, -0.25) is 10.1 Å². The lowest BCUT2D eigenvalue weighted by molar-refractivity contribution is -0.384. The summed E-state index contributed by atoms with van der Waals surface area (Å²) in [6.45, 7) is 3.74. The standard InChI is InChI=1S/C20H16N4O2S/c1-12-8-9-15(24(25)26)10-17(12)23-19-16-11-18(14-6-4-3-5-7-14)27-20(16)22-13(2)21-19/h3-11H,1-2H3,(H,21,22,23). The number of anilines is 2. The predicted molar refractivity (Wildman–Crippen MR) is 109 cm³/mol. The number of thiophene rings is 1. The highest BCUT2D eigenvalue weighted by Gasteiger charge is 2.14. The fourth-order valence-corrected chi connectivity index (χ4v) is 3.94. The average Bonchev–Trinajstić information content (AvgIpc) is 3.08. The maximum Gasteiger partial charge on any atom is 0.271 e. The van der Waals surface area contributed by atoms with E-state index < -0.39 is 4.92 Å². The van der Waals surface area contributed by atoms with Crippen LogP contribution in [0.4, 0.5) is 17.2 Å². The summed E-state index contributed by atoms with van der Waals surface area (Å²) in [7, 11) is 0. The van der Waals surface area contributed by atoms with Crippen molar-refractivity contribution in [1.29, 1.82) is 0 Å². The highest BCUT2D eigenvalue weighted by atomic mass is 32.1. The Balaban J connectivity index is 1.81. The number of fused-ring (bicyclic) bond motifs is 1. The second-order valence-electron chi connectivity index (χ2n) is 6.20. The minimum absolute atomic E-state index is 0.0421. The van der Waals surface area contributed by atoms with E-state index in [9.17, 15) is 10.1 Å². The zero-order chi connectivity index (χ0) is 19.0. The van der Waals surface area contributed by atoms with Crippen LogP contribution in [0, 0.1) is 24.0 Å². The van der Waals surface area contributed by atoms with E-state index in [1.165, 1.54) is 12.1 Å². The van der Waals surface area contributed by atoms with Gasteiger partial charge in [-0.05, 0) is 31.0 Å². The summed E-state index contributed by atoms with van der Waals surface area (Å²) in [4.78, 5) is 21.8. The number of rotatable bonds is 4. The third kappa shape index (κ3) is 3.37. The number of benzene rings is 2. The van der Waals surface area contributed by atoms with Gasteiger partial charge >= 0.3 is 0 Å². The number of hydrogen-bond acceptors (Lipinski definition) is 6. The van der Waals surface area contributed by atoms with Crippen molar-refractivity contribution >= 4 is 38.7 Å². The largest absolute Gasteiger partial charge is 0.339 e. The van der Waals surface area contributed by atoms with Crippen molar-refractivity contribution in [3.05, 3.63) is 76.1 Å². The molecular weight excluding hydrogens is 360 g/mol. The highest BCUT2D eigenvalue weighted by molar-refractivity contribution is 7.21. The molecule has 0 amide bonds. The number of aromatic nitrogens is 2. The first-order chi connectivity index (χ1) is 13.0. The van der Waals surface area contributed by atoms with Crippen LogP contribution in [0.25, 0.3) is 20.7 Å². The summed E-state index contributed by atoms with van der Waals surface area (Å²) < 4.78 is 0. The fourth-order valence-electron chi connectivity index (χ4n) is 2.85. The minimum atomic E-state index is -0.399. The van der Waals surface area contributed by atoms with Crippen molar-refractivity contribution in [2.45, 2.75) is 13.8 Å². The van der Waals surface area contributed by atoms with Gasteiger partial charge < -0.3 is 5.32 Å². The summed E-state index contributed by atoms with van der Waals surface area (Å²) in [5, 5.41) is 15.3. The number of aryl methyl sites for hydroxylation is 2. The molecule has 0 aliphatic rings. The van der Waals surface area contributed by atoms with Crippen LogP contribution in [0.5, 0.6) is 0 Å². The predicted octanol–water partition coefficient (Wildman–Crippen LogP) is 5.63. The summed E-state index contributed by atoms with van der Waals surface area (Å²) in [6.07, 6.45) is 0. The van der Waals surface area contributed by atoms with Gasteiger partial charge in [-0.25, -0.2) is 9.97 Å². The van der Waals surface area contributed by atoms with E-state index in [4.69, 9.17) is 0 Å². The fraction of sp³-hybridized carbons (Fsp3) is 0.100. The van der Waals surface area contributed by atoms with Crippen molar-refractivity contribution in [1.82, 2.24) is 9.97 Å². The first kappa shape index (κ1) is 17.1. The Hall–Kier alpha value is -3.32. The van der Waals surface area contributed by atoms with Crippen LogP contribution in [0.1, 0.15) is 11.4 Å². The Kier molecular flexibility index (Phi) is 4.29. The van der Waals surface area contributed by atoms with Gasteiger partial charge in [0, 0.05) is 22.7 Å². The number of nitrogens with zero attached hydrogens (tertiary/aromatic N) is 3. The maximum absolute atomic E-state index is 11.1. The lowest BCUT2D eigenvalue weighted by Gasteiger charge is -2.10. The number of nitro benzene ring substituents is 1. The van der Waals surface area contributed by atoms with Gasteiger partial charge in [0.05, 0.1) is 10.3 Å². The molecule has 2 aromatic carbocycles. The zero-order valence-electron chi connectivity index (χ0n) is 14.8. The van der Waals surface area contributed by atoms with Gasteiger partial charge in [-0.1, -0.05) is 36.4 Å². The van der Waals surface area contributed by atoms with Gasteiger partial charge in [0.25, 0.3) is 5.69 Å². The van der Waals surface area contributed by atoms with E-state index in [2.05, 4.69) is 33.5 Å². The summed E-state index contributed by atoms with van der Waals surface area (Å²) in [5.74, 6) is 1.30. The molecule has 7 heteroatoms. The first-order valence-corrected chi connectivity index (χ1v) is 9.18. The highest BCUT2D eigenvalue weighted by Crippen LogP contribution is 2.36. The molecule has 1 N–H and O–H groups in total.